The van der Waals surface area contributed by atoms with Gasteiger partial charge in [0.05, 0.1) is 12.5 Å². The molecule has 100 valence electrons. The molecular weight excluding hydrogens is 230 g/mol. The summed E-state index contributed by atoms with van der Waals surface area (Å²) < 4.78 is 10.8. The predicted molar refractivity (Wildman–Crippen MR) is 66.3 cm³/mol. The van der Waals surface area contributed by atoms with Crippen molar-refractivity contribution in [3.8, 4) is 0 Å². The van der Waals surface area contributed by atoms with Gasteiger partial charge in [-0.05, 0) is 19.3 Å². The van der Waals surface area contributed by atoms with Gasteiger partial charge in [-0.3, -0.25) is 0 Å². The van der Waals surface area contributed by atoms with Crippen LogP contribution in [0.2, 0.25) is 0 Å². The fourth-order valence-corrected chi connectivity index (χ4v) is 2.94. The monoisotopic (exact) mass is 251 g/mol. The molecule has 0 bridgehead atoms. The van der Waals surface area contributed by atoms with Gasteiger partial charge in [0.1, 0.15) is 0 Å². The van der Waals surface area contributed by atoms with Crippen molar-refractivity contribution in [2.24, 2.45) is 5.73 Å². The molecule has 0 radical (unpaired) electrons. The van der Waals surface area contributed by atoms with Crippen molar-refractivity contribution in [3.63, 3.8) is 0 Å². The number of rotatable bonds is 2. The van der Waals surface area contributed by atoms with E-state index in [9.17, 15) is 0 Å². The standard InChI is InChI=1S/C13H21N3O2/c14-11-5-3-1-2-4-10(11)13-15-12(16-18-13)9-6-7-17-8-9/h9-11H,1-8,14H2. The maximum atomic E-state index is 6.22. The Kier molecular flexibility index (Phi) is 3.61. The van der Waals surface area contributed by atoms with Crippen molar-refractivity contribution in [1.82, 2.24) is 10.1 Å². The first-order chi connectivity index (χ1) is 8.84. The highest BCUT2D eigenvalue weighted by Gasteiger charge is 2.29. The van der Waals surface area contributed by atoms with Crippen molar-refractivity contribution in [2.45, 2.75) is 56.4 Å². The minimum Gasteiger partial charge on any atom is -0.381 e. The Morgan fingerprint density at radius 2 is 2.00 bits per heavy atom. The van der Waals surface area contributed by atoms with Gasteiger partial charge in [-0.15, -0.1) is 0 Å². The predicted octanol–water partition coefficient (Wildman–Crippen LogP) is 1.95. The quantitative estimate of drug-likeness (QED) is 0.813. The summed E-state index contributed by atoms with van der Waals surface area (Å²) in [6.45, 7) is 1.52. The molecule has 1 aliphatic carbocycles. The lowest BCUT2D eigenvalue weighted by atomic mass is 9.95. The third kappa shape index (κ3) is 2.42. The third-order valence-electron chi connectivity index (χ3n) is 4.14. The molecule has 0 amide bonds. The van der Waals surface area contributed by atoms with Crippen molar-refractivity contribution in [1.29, 1.82) is 0 Å². The number of hydrogen-bond acceptors (Lipinski definition) is 5. The van der Waals surface area contributed by atoms with Crippen molar-refractivity contribution >= 4 is 0 Å². The SMILES string of the molecule is NC1CCCCCC1c1nc(C2CCOC2)no1. The molecule has 2 heterocycles. The highest BCUT2D eigenvalue weighted by Crippen LogP contribution is 2.31. The molecule has 0 aromatic carbocycles. The molecule has 0 spiro atoms. The van der Waals surface area contributed by atoms with E-state index in [0.29, 0.717) is 5.92 Å². The Hall–Kier alpha value is -0.940. The number of hydrogen-bond donors (Lipinski definition) is 1. The largest absolute Gasteiger partial charge is 0.381 e. The molecule has 1 aliphatic heterocycles. The first kappa shape index (κ1) is 12.1. The van der Waals surface area contributed by atoms with Crippen molar-refractivity contribution in [3.05, 3.63) is 11.7 Å². The normalized spacial score (nSPS) is 33.5. The highest BCUT2D eigenvalue weighted by atomic mass is 16.5. The zero-order chi connectivity index (χ0) is 12.4. The van der Waals surface area contributed by atoms with Gasteiger partial charge in [0.15, 0.2) is 5.82 Å². The molecule has 2 aliphatic rings. The summed E-state index contributed by atoms with van der Waals surface area (Å²) in [5, 5.41) is 4.12. The van der Waals surface area contributed by atoms with E-state index < -0.39 is 0 Å². The van der Waals surface area contributed by atoms with Crippen LogP contribution >= 0.6 is 0 Å². The molecule has 3 atom stereocenters. The molecule has 2 fully saturated rings. The van der Waals surface area contributed by atoms with Crippen LogP contribution in [0.15, 0.2) is 4.52 Å². The lowest BCUT2D eigenvalue weighted by Gasteiger charge is -2.16. The van der Waals surface area contributed by atoms with Gasteiger partial charge in [0.2, 0.25) is 5.89 Å². The average molecular weight is 251 g/mol. The molecule has 3 unspecified atom stereocenters. The van der Waals surface area contributed by atoms with E-state index >= 15 is 0 Å². The molecule has 1 aromatic heterocycles. The summed E-state index contributed by atoms with van der Waals surface area (Å²) in [5.74, 6) is 2.10. The van der Waals surface area contributed by atoms with E-state index in [0.717, 1.165) is 44.2 Å². The minimum absolute atomic E-state index is 0.167. The zero-order valence-corrected chi connectivity index (χ0v) is 10.7. The maximum absolute atomic E-state index is 6.22. The molecule has 5 nitrogen and oxygen atoms in total. The number of ether oxygens (including phenoxy) is 1. The topological polar surface area (TPSA) is 74.2 Å². The molecule has 1 aromatic rings. The Balaban J connectivity index is 1.74. The molecule has 2 N–H and O–H groups in total. The summed E-state index contributed by atoms with van der Waals surface area (Å²) in [7, 11) is 0. The lowest BCUT2D eigenvalue weighted by molar-refractivity contribution is 0.192. The molecule has 1 saturated carbocycles. The van der Waals surface area contributed by atoms with E-state index in [1.54, 1.807) is 0 Å². The number of aromatic nitrogens is 2. The number of nitrogens with zero attached hydrogens (tertiary/aromatic N) is 2. The van der Waals surface area contributed by atoms with E-state index in [1.165, 1.54) is 19.3 Å². The van der Waals surface area contributed by atoms with Crippen LogP contribution in [0.4, 0.5) is 0 Å². The average Bonchev–Trinajstić information content (AvgIpc) is 3.00. The fraction of sp³-hybridized carbons (Fsp3) is 0.846. The smallest absolute Gasteiger partial charge is 0.231 e. The summed E-state index contributed by atoms with van der Waals surface area (Å²) in [6.07, 6.45) is 6.83. The zero-order valence-electron chi connectivity index (χ0n) is 10.7. The van der Waals surface area contributed by atoms with E-state index in [1.807, 2.05) is 0 Å². The van der Waals surface area contributed by atoms with Crippen molar-refractivity contribution in [2.75, 3.05) is 13.2 Å². The van der Waals surface area contributed by atoms with Crippen LogP contribution in [-0.2, 0) is 4.74 Å². The maximum Gasteiger partial charge on any atom is 0.231 e. The summed E-state index contributed by atoms with van der Waals surface area (Å²) >= 11 is 0. The van der Waals surface area contributed by atoms with Crippen LogP contribution in [0.1, 0.15) is 62.1 Å². The second-order valence-corrected chi connectivity index (χ2v) is 5.46. The Labute approximate surface area is 107 Å². The van der Waals surface area contributed by atoms with Crippen LogP contribution in [0, 0.1) is 0 Å². The summed E-state index contributed by atoms with van der Waals surface area (Å²) in [5.41, 5.74) is 6.22. The van der Waals surface area contributed by atoms with Gasteiger partial charge in [0, 0.05) is 18.6 Å². The molecular formula is C13H21N3O2. The Morgan fingerprint density at radius 3 is 2.83 bits per heavy atom. The minimum atomic E-state index is 0.167. The van der Waals surface area contributed by atoms with Crippen LogP contribution in [-0.4, -0.2) is 29.4 Å². The van der Waals surface area contributed by atoms with Gasteiger partial charge in [-0.25, -0.2) is 0 Å². The van der Waals surface area contributed by atoms with Gasteiger partial charge >= 0.3 is 0 Å². The summed E-state index contributed by atoms with van der Waals surface area (Å²) in [6, 6.07) is 0.167. The first-order valence-corrected chi connectivity index (χ1v) is 7.01. The highest BCUT2D eigenvalue weighted by molar-refractivity contribution is 5.03. The fourth-order valence-electron chi connectivity index (χ4n) is 2.94. The van der Waals surface area contributed by atoms with E-state index in [-0.39, 0.29) is 12.0 Å². The molecule has 1 saturated heterocycles. The summed E-state index contributed by atoms with van der Waals surface area (Å²) in [4.78, 5) is 4.57. The van der Waals surface area contributed by atoms with Crippen LogP contribution < -0.4 is 5.73 Å². The van der Waals surface area contributed by atoms with Gasteiger partial charge in [0.25, 0.3) is 0 Å². The van der Waals surface area contributed by atoms with E-state index in [2.05, 4.69) is 10.1 Å². The second-order valence-electron chi connectivity index (χ2n) is 5.46. The Bertz CT molecular complexity index is 387. The van der Waals surface area contributed by atoms with E-state index in [4.69, 9.17) is 15.0 Å². The molecule has 3 rings (SSSR count). The molecule has 18 heavy (non-hydrogen) atoms. The second kappa shape index (κ2) is 5.36. The van der Waals surface area contributed by atoms with Gasteiger partial charge in [-0.1, -0.05) is 24.4 Å². The first-order valence-electron chi connectivity index (χ1n) is 7.01. The lowest BCUT2D eigenvalue weighted by Crippen LogP contribution is -2.27. The Morgan fingerprint density at radius 1 is 1.11 bits per heavy atom. The van der Waals surface area contributed by atoms with Crippen LogP contribution in [0.5, 0.6) is 0 Å². The van der Waals surface area contributed by atoms with Gasteiger partial charge in [-0.2, -0.15) is 4.98 Å². The van der Waals surface area contributed by atoms with Crippen molar-refractivity contribution < 1.29 is 9.26 Å². The van der Waals surface area contributed by atoms with Crippen LogP contribution in [0.3, 0.4) is 0 Å². The van der Waals surface area contributed by atoms with Crippen LogP contribution in [0.25, 0.3) is 0 Å². The number of nitrogens with two attached hydrogens (primary N) is 1. The van der Waals surface area contributed by atoms with Gasteiger partial charge < -0.3 is 15.0 Å². The third-order valence-corrected chi connectivity index (χ3v) is 4.14. The molecule has 5 heteroatoms.